The van der Waals surface area contributed by atoms with Crippen molar-refractivity contribution in [1.82, 2.24) is 9.80 Å². The first kappa shape index (κ1) is 14.2. The Hall–Kier alpha value is -2.23. The molecule has 2 rings (SSSR count). The highest BCUT2D eigenvalue weighted by Gasteiger charge is 2.53. The predicted octanol–water partition coefficient (Wildman–Crippen LogP) is 0.416. The number of imide groups is 1. The van der Waals surface area contributed by atoms with E-state index in [9.17, 15) is 9.59 Å². The first-order valence-electron chi connectivity index (χ1n) is 6.81. The Balaban J connectivity index is 2.50. The van der Waals surface area contributed by atoms with Crippen LogP contribution in [0, 0.1) is 11.3 Å². The molecule has 1 fully saturated rings. The summed E-state index contributed by atoms with van der Waals surface area (Å²) in [6, 6.07) is 1.10. The molecule has 0 N–H and O–H groups in total. The Morgan fingerprint density at radius 3 is 2.40 bits per heavy atom. The van der Waals surface area contributed by atoms with Gasteiger partial charge in [-0.3, -0.25) is 14.6 Å². The molecule has 0 aromatic rings. The van der Waals surface area contributed by atoms with Crippen molar-refractivity contribution in [2.75, 3.05) is 19.6 Å². The summed E-state index contributed by atoms with van der Waals surface area (Å²) in [4.78, 5) is 31.9. The van der Waals surface area contributed by atoms with Gasteiger partial charge in [0.05, 0.1) is 6.42 Å². The third-order valence-corrected chi connectivity index (χ3v) is 3.56. The molecule has 0 spiro atoms. The maximum atomic E-state index is 12.5. The van der Waals surface area contributed by atoms with Gasteiger partial charge in [-0.25, -0.2) is 9.37 Å². The Morgan fingerprint density at radius 1 is 1.25 bits per heavy atom. The summed E-state index contributed by atoms with van der Waals surface area (Å²) in [5, 5.41) is 8.95. The van der Waals surface area contributed by atoms with Gasteiger partial charge in [0.2, 0.25) is 0 Å². The average molecular weight is 276 g/mol. The second kappa shape index (κ2) is 5.41. The number of aliphatic imine (C=N–C) groups is 1. The molecule has 0 bridgehead atoms. The molecule has 106 valence electrons. The van der Waals surface area contributed by atoms with Crippen molar-refractivity contribution >= 4 is 23.6 Å². The van der Waals surface area contributed by atoms with E-state index in [-0.39, 0.29) is 18.5 Å². The number of amides is 3. The lowest BCUT2D eigenvalue weighted by Crippen LogP contribution is -2.63. The number of carbonyl (C=O) groups excluding carboxylic acids is 2. The highest BCUT2D eigenvalue weighted by atomic mass is 16.2. The first-order chi connectivity index (χ1) is 9.60. The van der Waals surface area contributed by atoms with Gasteiger partial charge in [-0.2, -0.15) is 5.26 Å². The molecule has 1 saturated heterocycles. The zero-order valence-corrected chi connectivity index (χ0v) is 12.0. The number of likely N-dealkylation sites (N-methyl/N-ethyl adjacent to an activating group) is 2. The Bertz CT molecular complexity index is 558. The lowest BCUT2D eigenvalue weighted by Gasteiger charge is -2.33. The Kier molecular flexibility index (Phi) is 3.84. The minimum absolute atomic E-state index is 0.0931. The van der Waals surface area contributed by atoms with Gasteiger partial charge < -0.3 is 0 Å². The van der Waals surface area contributed by atoms with Crippen molar-refractivity contribution in [1.29, 1.82) is 5.26 Å². The highest BCUT2D eigenvalue weighted by molar-refractivity contribution is 6.23. The van der Waals surface area contributed by atoms with Crippen LogP contribution in [-0.2, 0) is 4.79 Å². The van der Waals surface area contributed by atoms with Crippen molar-refractivity contribution in [3.63, 3.8) is 0 Å². The van der Waals surface area contributed by atoms with Crippen molar-refractivity contribution in [3.05, 3.63) is 0 Å². The summed E-state index contributed by atoms with van der Waals surface area (Å²) < 4.78 is 1.69. The number of nitriles is 1. The van der Waals surface area contributed by atoms with Crippen molar-refractivity contribution < 1.29 is 14.2 Å². The number of carbonyl (C=O) groups is 2. The average Bonchev–Trinajstić information content (AvgIpc) is 2.79. The normalized spacial score (nSPS) is 22.1. The molecular formula is C13H18N5O2+. The van der Waals surface area contributed by atoms with Gasteiger partial charge >= 0.3 is 6.03 Å². The fourth-order valence-electron chi connectivity index (χ4n) is 2.61. The molecule has 3 amide bonds. The molecule has 2 aliphatic heterocycles. The number of amidine groups is 2. The molecule has 0 radical (unpaired) electrons. The van der Waals surface area contributed by atoms with Crippen LogP contribution in [0.25, 0.3) is 0 Å². The van der Waals surface area contributed by atoms with Crippen LogP contribution in [0.2, 0.25) is 0 Å². The first-order valence-corrected chi connectivity index (χ1v) is 6.81. The molecule has 7 nitrogen and oxygen atoms in total. The van der Waals surface area contributed by atoms with Crippen molar-refractivity contribution in [3.8, 4) is 6.07 Å². The topological polar surface area (TPSA) is 79.8 Å². The second-order valence-corrected chi connectivity index (χ2v) is 4.54. The molecule has 1 atom stereocenters. The van der Waals surface area contributed by atoms with Crippen LogP contribution < -0.4 is 0 Å². The number of urea groups is 1. The standard InChI is InChI=1S/C13H18N5O2/c1-4-9-15-11-10(18(9)8-7-14)12(19)17(6-3)13(20)16(11)5-2/h10H,4-6,8H2,1-3H3/q+1. The van der Waals surface area contributed by atoms with E-state index in [1.54, 1.807) is 11.5 Å². The van der Waals surface area contributed by atoms with Crippen molar-refractivity contribution in [2.24, 2.45) is 4.99 Å². The van der Waals surface area contributed by atoms with E-state index in [4.69, 9.17) is 5.26 Å². The van der Waals surface area contributed by atoms with Gasteiger partial charge in [0.1, 0.15) is 6.07 Å². The fraction of sp³-hybridized carbons (Fsp3) is 0.615. The predicted molar refractivity (Wildman–Crippen MR) is 72.4 cm³/mol. The van der Waals surface area contributed by atoms with Gasteiger partial charge in [0, 0.05) is 13.1 Å². The zero-order valence-electron chi connectivity index (χ0n) is 12.0. The van der Waals surface area contributed by atoms with Gasteiger partial charge in [-0.1, -0.05) is 6.92 Å². The summed E-state index contributed by atoms with van der Waals surface area (Å²) in [6.45, 7) is 6.39. The van der Waals surface area contributed by atoms with Crippen molar-refractivity contribution in [2.45, 2.75) is 33.2 Å². The molecule has 20 heavy (non-hydrogen) atoms. The van der Waals surface area contributed by atoms with Crippen LogP contribution in [0.3, 0.4) is 0 Å². The van der Waals surface area contributed by atoms with E-state index in [0.29, 0.717) is 31.2 Å². The molecule has 0 aromatic carbocycles. The maximum absolute atomic E-state index is 12.5. The number of hydrogen-bond acceptors (Lipinski definition) is 4. The second-order valence-electron chi connectivity index (χ2n) is 4.54. The van der Waals surface area contributed by atoms with Gasteiger partial charge in [0.25, 0.3) is 23.6 Å². The lowest BCUT2D eigenvalue weighted by atomic mass is 10.1. The van der Waals surface area contributed by atoms with E-state index in [2.05, 4.69) is 11.1 Å². The zero-order chi connectivity index (χ0) is 14.9. The van der Waals surface area contributed by atoms with Crippen LogP contribution in [0.1, 0.15) is 27.2 Å². The Morgan fingerprint density at radius 2 is 1.90 bits per heavy atom. The van der Waals surface area contributed by atoms with Crippen LogP contribution in [0.4, 0.5) is 4.79 Å². The molecule has 2 heterocycles. The largest absolute Gasteiger partial charge is 0.334 e. The third-order valence-electron chi connectivity index (χ3n) is 3.56. The maximum Gasteiger partial charge on any atom is 0.334 e. The summed E-state index contributed by atoms with van der Waals surface area (Å²) in [5.74, 6) is 0.850. The SMILES string of the molecule is CCC1=[N+](CC#N)C2C(=O)N(CC)C(=O)N(CC)C2=N1. The third kappa shape index (κ3) is 1.88. The lowest BCUT2D eigenvalue weighted by molar-refractivity contribution is -0.524. The van der Waals surface area contributed by atoms with E-state index in [1.165, 1.54) is 9.80 Å². The summed E-state index contributed by atoms with van der Waals surface area (Å²) >= 11 is 0. The molecule has 0 aromatic heterocycles. The number of rotatable bonds is 4. The number of fused-ring (bicyclic) bond motifs is 1. The smallest absolute Gasteiger partial charge is 0.269 e. The summed E-state index contributed by atoms with van der Waals surface area (Å²) in [5.41, 5.74) is 0. The molecule has 7 heteroatoms. The van der Waals surface area contributed by atoms with E-state index in [1.807, 2.05) is 13.8 Å². The molecule has 0 aliphatic carbocycles. The fourth-order valence-corrected chi connectivity index (χ4v) is 2.61. The number of nitrogens with zero attached hydrogens (tertiary/aromatic N) is 5. The molecule has 0 saturated carbocycles. The van der Waals surface area contributed by atoms with Crippen LogP contribution in [-0.4, -0.2) is 63.7 Å². The van der Waals surface area contributed by atoms with Crippen LogP contribution >= 0.6 is 0 Å². The highest BCUT2D eigenvalue weighted by Crippen LogP contribution is 2.21. The molecule has 1 unspecified atom stereocenters. The summed E-state index contributed by atoms with van der Waals surface area (Å²) in [6.07, 6.45) is 0.618. The van der Waals surface area contributed by atoms with Gasteiger partial charge in [-0.05, 0) is 18.8 Å². The quantitative estimate of drug-likeness (QED) is 0.551. The van der Waals surface area contributed by atoms with E-state index in [0.717, 1.165) is 0 Å². The van der Waals surface area contributed by atoms with Gasteiger partial charge in [0.15, 0.2) is 6.54 Å². The number of hydrogen-bond donors (Lipinski definition) is 0. The minimum atomic E-state index is -0.637. The van der Waals surface area contributed by atoms with Crippen LogP contribution in [0.5, 0.6) is 0 Å². The Labute approximate surface area is 117 Å². The molecular weight excluding hydrogens is 258 g/mol. The van der Waals surface area contributed by atoms with Crippen LogP contribution in [0.15, 0.2) is 4.99 Å². The van der Waals surface area contributed by atoms with E-state index < -0.39 is 6.04 Å². The van der Waals surface area contributed by atoms with Gasteiger partial charge in [-0.15, -0.1) is 0 Å². The summed E-state index contributed by atoms with van der Waals surface area (Å²) in [7, 11) is 0. The monoisotopic (exact) mass is 276 g/mol. The molecule has 2 aliphatic rings. The van der Waals surface area contributed by atoms with E-state index >= 15 is 0 Å². The minimum Gasteiger partial charge on any atom is -0.269 e.